The second kappa shape index (κ2) is 6.98. The fraction of sp³-hybridized carbons (Fsp3) is 0.467. The molecule has 1 aliphatic rings. The Morgan fingerprint density at radius 3 is 3.14 bits per heavy atom. The Labute approximate surface area is 128 Å². The van der Waals surface area contributed by atoms with Gasteiger partial charge in [-0.1, -0.05) is 6.08 Å². The van der Waals surface area contributed by atoms with Gasteiger partial charge in [-0.25, -0.2) is 9.97 Å². The van der Waals surface area contributed by atoms with Gasteiger partial charge in [-0.2, -0.15) is 0 Å². The molecule has 0 fully saturated rings. The molecule has 1 aliphatic heterocycles. The monoisotopic (exact) mass is 304 g/mol. The molecular weight excluding hydrogens is 284 g/mol. The first kappa shape index (κ1) is 14.4. The number of aryl methyl sites for hydroxylation is 1. The lowest BCUT2D eigenvalue weighted by Crippen LogP contribution is -2.23. The zero-order valence-corrected chi connectivity index (χ0v) is 12.9. The second-order valence-corrected chi connectivity index (χ2v) is 6.10. The van der Waals surface area contributed by atoms with Gasteiger partial charge >= 0.3 is 0 Å². The van der Waals surface area contributed by atoms with Crippen molar-refractivity contribution in [1.29, 1.82) is 0 Å². The highest BCUT2D eigenvalue weighted by Crippen LogP contribution is 2.19. The number of thiazole rings is 1. The standard InChI is InChI=1S/C15H20N4OS/c1-2-7-20-11-13-14-9-18(10-15-16-4-8-21-15)5-3-6-19(14)12-17-13/h2,4,8,12H,1,3,5-7,9-11H2. The number of fused-ring (bicyclic) bond motifs is 1. The van der Waals surface area contributed by atoms with Crippen LogP contribution in [0.1, 0.15) is 22.8 Å². The van der Waals surface area contributed by atoms with Crippen molar-refractivity contribution in [1.82, 2.24) is 19.4 Å². The summed E-state index contributed by atoms with van der Waals surface area (Å²) in [5, 5.41) is 3.21. The van der Waals surface area contributed by atoms with Crippen LogP contribution in [0, 0.1) is 0 Å². The maximum atomic E-state index is 5.55. The Bertz CT molecular complexity index is 579. The van der Waals surface area contributed by atoms with E-state index in [1.807, 2.05) is 17.9 Å². The van der Waals surface area contributed by atoms with Gasteiger partial charge in [0.1, 0.15) is 5.01 Å². The molecule has 6 heteroatoms. The highest BCUT2D eigenvalue weighted by atomic mass is 32.1. The van der Waals surface area contributed by atoms with E-state index in [1.54, 1.807) is 17.4 Å². The molecule has 0 atom stereocenters. The Hall–Kier alpha value is -1.50. The SMILES string of the molecule is C=CCOCc1ncn2c1CN(Cc1nccs1)CCC2. The van der Waals surface area contributed by atoms with Crippen molar-refractivity contribution in [2.75, 3.05) is 13.2 Å². The number of aromatic nitrogens is 3. The van der Waals surface area contributed by atoms with E-state index in [2.05, 4.69) is 26.0 Å². The summed E-state index contributed by atoms with van der Waals surface area (Å²) >= 11 is 1.72. The third-order valence-corrected chi connectivity index (χ3v) is 4.36. The van der Waals surface area contributed by atoms with Gasteiger partial charge in [-0.15, -0.1) is 17.9 Å². The van der Waals surface area contributed by atoms with Gasteiger partial charge in [0.05, 0.1) is 37.5 Å². The smallest absolute Gasteiger partial charge is 0.107 e. The van der Waals surface area contributed by atoms with Crippen molar-refractivity contribution in [2.24, 2.45) is 0 Å². The number of ether oxygens (including phenoxy) is 1. The molecule has 0 spiro atoms. The minimum absolute atomic E-state index is 0.555. The summed E-state index contributed by atoms with van der Waals surface area (Å²) in [5.74, 6) is 0. The maximum Gasteiger partial charge on any atom is 0.107 e. The largest absolute Gasteiger partial charge is 0.371 e. The van der Waals surface area contributed by atoms with E-state index in [1.165, 1.54) is 10.7 Å². The minimum Gasteiger partial charge on any atom is -0.371 e. The van der Waals surface area contributed by atoms with Crippen LogP contribution in [0.5, 0.6) is 0 Å². The summed E-state index contributed by atoms with van der Waals surface area (Å²) in [6, 6.07) is 0. The molecule has 0 bridgehead atoms. The van der Waals surface area contributed by atoms with Crippen LogP contribution >= 0.6 is 11.3 Å². The molecule has 5 nitrogen and oxygen atoms in total. The van der Waals surface area contributed by atoms with Gasteiger partial charge in [-0.3, -0.25) is 4.90 Å². The van der Waals surface area contributed by atoms with Gasteiger partial charge in [0.25, 0.3) is 0 Å². The molecule has 3 heterocycles. The van der Waals surface area contributed by atoms with Crippen LogP contribution in [0.2, 0.25) is 0 Å². The summed E-state index contributed by atoms with van der Waals surface area (Å²) in [4.78, 5) is 11.3. The number of hydrogen-bond acceptors (Lipinski definition) is 5. The number of rotatable bonds is 6. The van der Waals surface area contributed by atoms with Crippen LogP contribution < -0.4 is 0 Å². The van der Waals surface area contributed by atoms with Gasteiger partial charge < -0.3 is 9.30 Å². The number of hydrogen-bond donors (Lipinski definition) is 0. The van der Waals surface area contributed by atoms with E-state index in [4.69, 9.17) is 4.74 Å². The first-order valence-electron chi connectivity index (χ1n) is 7.19. The van der Waals surface area contributed by atoms with Crippen LogP contribution in [-0.2, 0) is 31.0 Å². The summed E-state index contributed by atoms with van der Waals surface area (Å²) in [5.41, 5.74) is 2.32. The summed E-state index contributed by atoms with van der Waals surface area (Å²) in [6.45, 7) is 8.73. The molecule has 3 rings (SSSR count). The van der Waals surface area contributed by atoms with E-state index in [9.17, 15) is 0 Å². The van der Waals surface area contributed by atoms with Crippen molar-refractivity contribution in [3.63, 3.8) is 0 Å². The quantitative estimate of drug-likeness (QED) is 0.607. The predicted molar refractivity (Wildman–Crippen MR) is 82.9 cm³/mol. The summed E-state index contributed by atoms with van der Waals surface area (Å²) < 4.78 is 7.81. The Kier molecular flexibility index (Phi) is 4.80. The highest BCUT2D eigenvalue weighted by Gasteiger charge is 2.19. The molecule has 0 unspecified atom stereocenters. The molecule has 0 saturated carbocycles. The average molecular weight is 304 g/mol. The van der Waals surface area contributed by atoms with Crippen molar-refractivity contribution < 1.29 is 4.74 Å². The highest BCUT2D eigenvalue weighted by molar-refractivity contribution is 7.09. The third-order valence-electron chi connectivity index (χ3n) is 3.60. The molecule has 0 radical (unpaired) electrons. The van der Waals surface area contributed by atoms with Gasteiger partial charge in [0, 0.05) is 31.2 Å². The molecule has 0 aromatic carbocycles. The van der Waals surface area contributed by atoms with E-state index in [-0.39, 0.29) is 0 Å². The molecule has 2 aromatic rings. The first-order chi connectivity index (χ1) is 10.4. The minimum atomic E-state index is 0.555. The second-order valence-electron chi connectivity index (χ2n) is 5.13. The predicted octanol–water partition coefficient (Wildman–Crippen LogP) is 2.45. The number of nitrogens with zero attached hydrogens (tertiary/aromatic N) is 4. The lowest BCUT2D eigenvalue weighted by molar-refractivity contribution is 0.144. The normalized spacial score (nSPS) is 15.6. The first-order valence-corrected chi connectivity index (χ1v) is 8.07. The van der Waals surface area contributed by atoms with Crippen LogP contribution in [-0.4, -0.2) is 32.6 Å². The van der Waals surface area contributed by atoms with Crippen molar-refractivity contribution in [2.45, 2.75) is 32.7 Å². The molecule has 0 N–H and O–H groups in total. The fourth-order valence-electron chi connectivity index (χ4n) is 2.60. The van der Waals surface area contributed by atoms with Gasteiger partial charge in [0.15, 0.2) is 0 Å². The maximum absolute atomic E-state index is 5.55. The summed E-state index contributed by atoms with van der Waals surface area (Å²) in [6.07, 6.45) is 6.72. The van der Waals surface area contributed by atoms with E-state index in [0.29, 0.717) is 13.2 Å². The summed E-state index contributed by atoms with van der Waals surface area (Å²) in [7, 11) is 0. The van der Waals surface area contributed by atoms with E-state index >= 15 is 0 Å². The van der Waals surface area contributed by atoms with Crippen molar-refractivity contribution >= 4 is 11.3 Å². The lowest BCUT2D eigenvalue weighted by atomic mass is 10.3. The van der Waals surface area contributed by atoms with Crippen LogP contribution in [0.15, 0.2) is 30.6 Å². The molecule has 0 aliphatic carbocycles. The number of imidazole rings is 1. The Morgan fingerprint density at radius 2 is 2.33 bits per heavy atom. The van der Waals surface area contributed by atoms with Gasteiger partial charge in [0.2, 0.25) is 0 Å². The van der Waals surface area contributed by atoms with Crippen LogP contribution in [0.4, 0.5) is 0 Å². The van der Waals surface area contributed by atoms with Gasteiger partial charge in [-0.05, 0) is 6.42 Å². The zero-order valence-electron chi connectivity index (χ0n) is 12.1. The van der Waals surface area contributed by atoms with Crippen molar-refractivity contribution in [3.8, 4) is 0 Å². The van der Waals surface area contributed by atoms with Crippen molar-refractivity contribution in [3.05, 3.63) is 47.0 Å². The fourth-order valence-corrected chi connectivity index (χ4v) is 3.25. The molecule has 0 amide bonds. The molecule has 21 heavy (non-hydrogen) atoms. The van der Waals surface area contributed by atoms with E-state index in [0.717, 1.165) is 38.3 Å². The average Bonchev–Trinajstić information content (AvgIpc) is 3.06. The molecule has 2 aromatic heterocycles. The Morgan fingerprint density at radius 1 is 1.38 bits per heavy atom. The van der Waals surface area contributed by atoms with E-state index < -0.39 is 0 Å². The Balaban J connectivity index is 1.70. The topological polar surface area (TPSA) is 43.2 Å². The molecular formula is C15H20N4OS. The molecule has 112 valence electrons. The third kappa shape index (κ3) is 3.58. The van der Waals surface area contributed by atoms with Crippen LogP contribution in [0.3, 0.4) is 0 Å². The zero-order chi connectivity index (χ0) is 14.5. The molecule has 0 saturated heterocycles. The lowest BCUT2D eigenvalue weighted by Gasteiger charge is -2.18. The van der Waals surface area contributed by atoms with Crippen LogP contribution in [0.25, 0.3) is 0 Å².